The first-order valence-electron chi connectivity index (χ1n) is 9.44. The van der Waals surface area contributed by atoms with Gasteiger partial charge in [-0.25, -0.2) is 4.39 Å². The van der Waals surface area contributed by atoms with Gasteiger partial charge in [0.1, 0.15) is 17.7 Å². The highest BCUT2D eigenvalue weighted by Crippen LogP contribution is 2.39. The van der Waals surface area contributed by atoms with Crippen LogP contribution in [-0.2, 0) is 11.2 Å². The van der Waals surface area contributed by atoms with Crippen LogP contribution in [0.4, 0.5) is 4.39 Å². The lowest BCUT2D eigenvalue weighted by molar-refractivity contribution is -0.125. The molecule has 1 N–H and O–H groups in total. The minimum absolute atomic E-state index is 0.0244. The van der Waals surface area contributed by atoms with E-state index in [0.717, 1.165) is 24.8 Å². The highest BCUT2D eigenvalue weighted by molar-refractivity contribution is 5.79. The number of benzene rings is 1. The molecule has 0 bridgehead atoms. The molecule has 0 radical (unpaired) electrons. The average molecular weight is 383 g/mol. The Morgan fingerprint density at radius 3 is 2.93 bits per heavy atom. The fourth-order valence-electron chi connectivity index (χ4n) is 3.66. The Morgan fingerprint density at radius 1 is 1.32 bits per heavy atom. The van der Waals surface area contributed by atoms with Gasteiger partial charge < -0.3 is 14.8 Å². The maximum Gasteiger partial charge on any atom is 0.233 e. The molecule has 0 saturated carbocycles. The van der Waals surface area contributed by atoms with E-state index in [1.54, 1.807) is 12.1 Å². The van der Waals surface area contributed by atoms with E-state index in [1.165, 1.54) is 19.2 Å². The lowest BCUT2D eigenvalue weighted by Crippen LogP contribution is -2.38. The molecule has 1 aliphatic carbocycles. The van der Waals surface area contributed by atoms with Crippen molar-refractivity contribution >= 4 is 5.91 Å². The lowest BCUT2D eigenvalue weighted by atomic mass is 9.93. The summed E-state index contributed by atoms with van der Waals surface area (Å²) in [7, 11) is 1.51. The van der Waals surface area contributed by atoms with Crippen molar-refractivity contribution in [1.82, 2.24) is 15.5 Å². The summed E-state index contributed by atoms with van der Waals surface area (Å²) in [6.45, 7) is 0.392. The quantitative estimate of drug-likeness (QED) is 0.804. The SMILES string of the molecule is COc1ccc(-c2cc(F)cc3c2O[C@@H](CNC(=O)[C@H]2CC=CCC2)C3)nn1. The van der Waals surface area contributed by atoms with E-state index in [-0.39, 0.29) is 23.7 Å². The van der Waals surface area contributed by atoms with Crippen molar-refractivity contribution in [3.8, 4) is 22.9 Å². The molecule has 2 aromatic rings. The molecule has 6 nitrogen and oxygen atoms in total. The monoisotopic (exact) mass is 383 g/mol. The van der Waals surface area contributed by atoms with Crippen LogP contribution in [0, 0.1) is 11.7 Å². The maximum atomic E-state index is 14.1. The molecule has 4 rings (SSSR count). The van der Waals surface area contributed by atoms with E-state index in [9.17, 15) is 9.18 Å². The first kappa shape index (κ1) is 18.4. The van der Waals surface area contributed by atoms with Crippen LogP contribution in [-0.4, -0.2) is 35.9 Å². The third-order valence-corrected chi connectivity index (χ3v) is 5.13. The fourth-order valence-corrected chi connectivity index (χ4v) is 3.66. The van der Waals surface area contributed by atoms with Gasteiger partial charge in [0.2, 0.25) is 11.8 Å². The van der Waals surface area contributed by atoms with Gasteiger partial charge in [-0.2, -0.15) is 0 Å². The van der Waals surface area contributed by atoms with Gasteiger partial charge in [0, 0.05) is 29.5 Å². The Bertz CT molecular complexity index is 899. The predicted octanol–water partition coefficient (Wildman–Crippen LogP) is 3.07. The molecular formula is C21H22FN3O3. The number of methoxy groups -OCH3 is 1. The van der Waals surface area contributed by atoms with Crippen molar-refractivity contribution in [2.24, 2.45) is 5.92 Å². The van der Waals surface area contributed by atoms with Crippen LogP contribution in [0.25, 0.3) is 11.3 Å². The number of aromatic nitrogens is 2. The van der Waals surface area contributed by atoms with Crippen molar-refractivity contribution in [1.29, 1.82) is 0 Å². The molecule has 28 heavy (non-hydrogen) atoms. The zero-order chi connectivity index (χ0) is 19.5. The van der Waals surface area contributed by atoms with Crippen LogP contribution in [0.1, 0.15) is 24.8 Å². The number of nitrogens with one attached hydrogen (secondary N) is 1. The number of carbonyl (C=O) groups excluding carboxylic acids is 1. The van der Waals surface area contributed by atoms with Gasteiger partial charge >= 0.3 is 0 Å². The van der Waals surface area contributed by atoms with Crippen molar-refractivity contribution in [2.75, 3.05) is 13.7 Å². The predicted molar refractivity (Wildman–Crippen MR) is 102 cm³/mol. The molecule has 0 unspecified atom stereocenters. The van der Waals surface area contributed by atoms with Crippen molar-refractivity contribution < 1.29 is 18.7 Å². The summed E-state index contributed by atoms with van der Waals surface area (Å²) in [6.07, 6.45) is 7.07. The maximum absolute atomic E-state index is 14.1. The van der Waals surface area contributed by atoms with Gasteiger partial charge in [0.05, 0.1) is 19.3 Å². The van der Waals surface area contributed by atoms with E-state index in [1.807, 2.05) is 0 Å². The van der Waals surface area contributed by atoms with Crippen LogP contribution < -0.4 is 14.8 Å². The minimum atomic E-state index is -0.353. The number of fused-ring (bicyclic) bond motifs is 1. The highest BCUT2D eigenvalue weighted by atomic mass is 19.1. The Balaban J connectivity index is 1.46. The molecule has 1 aromatic carbocycles. The third kappa shape index (κ3) is 3.83. The number of allylic oxidation sites excluding steroid dienone is 2. The molecule has 1 amide bonds. The van der Waals surface area contributed by atoms with Crippen LogP contribution in [0.2, 0.25) is 0 Å². The Kier molecular flexibility index (Phi) is 5.23. The van der Waals surface area contributed by atoms with Crippen LogP contribution in [0.15, 0.2) is 36.4 Å². The van der Waals surface area contributed by atoms with E-state index < -0.39 is 0 Å². The smallest absolute Gasteiger partial charge is 0.233 e. The van der Waals surface area contributed by atoms with E-state index >= 15 is 0 Å². The molecule has 0 fully saturated rings. The number of amides is 1. The van der Waals surface area contributed by atoms with E-state index in [4.69, 9.17) is 9.47 Å². The molecule has 1 aromatic heterocycles. The van der Waals surface area contributed by atoms with Gasteiger partial charge in [-0.3, -0.25) is 4.79 Å². The van der Waals surface area contributed by atoms with E-state index in [0.29, 0.717) is 35.9 Å². The summed E-state index contributed by atoms with van der Waals surface area (Å²) in [5, 5.41) is 11.0. The number of halogens is 1. The molecule has 0 saturated heterocycles. The minimum Gasteiger partial charge on any atom is -0.487 e. The standard InChI is InChI=1S/C21H22FN3O3/c1-27-19-8-7-18(24-25-19)17-11-15(22)9-14-10-16(28-20(14)17)12-23-21(26)13-5-3-2-4-6-13/h2-3,7-9,11,13,16H,4-6,10,12H2,1H3,(H,23,26)/t13-,16+/m0/s1. The first-order valence-corrected chi connectivity index (χ1v) is 9.44. The highest BCUT2D eigenvalue weighted by Gasteiger charge is 2.29. The third-order valence-electron chi connectivity index (χ3n) is 5.13. The van der Waals surface area contributed by atoms with Crippen LogP contribution in [0.3, 0.4) is 0 Å². The summed E-state index contributed by atoms with van der Waals surface area (Å²) in [5.74, 6) is 0.706. The van der Waals surface area contributed by atoms with Gasteiger partial charge in [-0.05, 0) is 37.5 Å². The summed E-state index contributed by atoms with van der Waals surface area (Å²) >= 11 is 0. The molecule has 7 heteroatoms. The fraction of sp³-hybridized carbons (Fsp3) is 0.381. The van der Waals surface area contributed by atoms with Crippen molar-refractivity contribution in [3.63, 3.8) is 0 Å². The van der Waals surface area contributed by atoms with Gasteiger partial charge in [-0.1, -0.05) is 12.2 Å². The normalized spacial score (nSPS) is 20.4. The molecular weight excluding hydrogens is 361 g/mol. The van der Waals surface area contributed by atoms with Crippen LogP contribution in [0.5, 0.6) is 11.6 Å². The molecule has 0 spiro atoms. The number of hydrogen-bond acceptors (Lipinski definition) is 5. The van der Waals surface area contributed by atoms with Crippen molar-refractivity contribution in [2.45, 2.75) is 31.8 Å². The molecule has 2 heterocycles. The summed E-state index contributed by atoms with van der Waals surface area (Å²) < 4.78 is 25.2. The summed E-state index contributed by atoms with van der Waals surface area (Å²) in [6, 6.07) is 6.26. The average Bonchev–Trinajstić information content (AvgIpc) is 3.15. The molecule has 2 atom stereocenters. The Labute approximate surface area is 162 Å². The van der Waals surface area contributed by atoms with Gasteiger partial charge in [0.25, 0.3) is 0 Å². The molecule has 2 aliphatic rings. The summed E-state index contributed by atoms with van der Waals surface area (Å²) in [5.41, 5.74) is 1.83. The van der Waals surface area contributed by atoms with Gasteiger partial charge in [-0.15, -0.1) is 10.2 Å². The second kappa shape index (κ2) is 7.96. The topological polar surface area (TPSA) is 73.3 Å². The number of nitrogens with zero attached hydrogens (tertiary/aromatic N) is 2. The van der Waals surface area contributed by atoms with Crippen LogP contribution >= 0.6 is 0 Å². The zero-order valence-electron chi connectivity index (χ0n) is 15.7. The number of ether oxygens (including phenoxy) is 2. The second-order valence-corrected chi connectivity index (χ2v) is 7.07. The van der Waals surface area contributed by atoms with E-state index in [2.05, 4.69) is 27.7 Å². The number of rotatable bonds is 5. The molecule has 1 aliphatic heterocycles. The molecule has 146 valence electrons. The lowest BCUT2D eigenvalue weighted by Gasteiger charge is -2.19. The summed E-state index contributed by atoms with van der Waals surface area (Å²) in [4.78, 5) is 12.3. The number of carbonyl (C=O) groups is 1. The Hall–Kier alpha value is -2.96. The largest absolute Gasteiger partial charge is 0.487 e. The number of hydrogen-bond donors (Lipinski definition) is 1. The Morgan fingerprint density at radius 2 is 2.21 bits per heavy atom. The second-order valence-electron chi connectivity index (χ2n) is 7.07. The first-order chi connectivity index (χ1) is 13.6. The van der Waals surface area contributed by atoms with Crippen molar-refractivity contribution in [3.05, 3.63) is 47.8 Å². The van der Waals surface area contributed by atoms with Gasteiger partial charge in [0.15, 0.2) is 0 Å². The zero-order valence-corrected chi connectivity index (χ0v) is 15.7.